The van der Waals surface area contributed by atoms with Crippen LogP contribution in [-0.2, 0) is 11.2 Å². The second-order valence-corrected chi connectivity index (χ2v) is 4.93. The number of carboxylic acid groups (broad SMARTS) is 1. The van der Waals surface area contributed by atoms with E-state index in [-0.39, 0.29) is 18.3 Å². The summed E-state index contributed by atoms with van der Waals surface area (Å²) in [5, 5.41) is 14.1. The zero-order valence-electron chi connectivity index (χ0n) is 12.4. The third-order valence-corrected chi connectivity index (χ3v) is 3.19. The van der Waals surface area contributed by atoms with E-state index in [4.69, 9.17) is 5.11 Å². The summed E-state index contributed by atoms with van der Waals surface area (Å²) in [4.78, 5) is 22.8. The number of rotatable bonds is 7. The highest BCUT2D eigenvalue weighted by molar-refractivity contribution is 5.99. The molecule has 0 radical (unpaired) electrons. The average Bonchev–Trinajstić information content (AvgIpc) is 2.53. The first-order valence-corrected chi connectivity index (χ1v) is 7.13. The zero-order valence-corrected chi connectivity index (χ0v) is 12.4. The summed E-state index contributed by atoms with van der Waals surface area (Å²) in [7, 11) is 0. The molecule has 23 heavy (non-hydrogen) atoms. The molecule has 0 spiro atoms. The number of carbonyl (C=O) groups excluding carboxylic acids is 1. The number of nitrogens with one attached hydrogen (secondary N) is 2. The minimum atomic E-state index is -1.01. The molecule has 2 aromatic carbocycles. The van der Waals surface area contributed by atoms with Gasteiger partial charge < -0.3 is 15.7 Å². The van der Waals surface area contributed by atoms with Gasteiger partial charge in [-0.05, 0) is 36.2 Å². The summed E-state index contributed by atoms with van der Waals surface area (Å²) in [6, 6.07) is 12.9. The minimum absolute atomic E-state index is 0.270. The predicted molar refractivity (Wildman–Crippen MR) is 85.0 cm³/mol. The Morgan fingerprint density at radius 2 is 1.87 bits per heavy atom. The first kappa shape index (κ1) is 16.5. The average molecular weight is 316 g/mol. The fourth-order valence-electron chi connectivity index (χ4n) is 2.11. The van der Waals surface area contributed by atoms with E-state index >= 15 is 0 Å². The van der Waals surface area contributed by atoms with Crippen molar-refractivity contribution in [2.45, 2.75) is 6.42 Å². The maximum atomic E-state index is 13.1. The standard InChI is InChI=1S/C17H17FN2O3/c18-13-5-3-4-12(10-13)8-9-19-17(23)14-6-1-2-7-15(14)20-11-16(21)22/h1-7,10,20H,8-9,11H2,(H,19,23)(H,21,22). The normalized spacial score (nSPS) is 10.1. The number of benzene rings is 2. The van der Waals surface area contributed by atoms with Crippen molar-refractivity contribution in [1.29, 1.82) is 0 Å². The highest BCUT2D eigenvalue weighted by atomic mass is 19.1. The predicted octanol–water partition coefficient (Wildman–Crippen LogP) is 2.29. The summed E-state index contributed by atoms with van der Waals surface area (Å²) >= 11 is 0. The zero-order chi connectivity index (χ0) is 16.7. The molecule has 1 amide bonds. The van der Waals surface area contributed by atoms with E-state index in [1.807, 2.05) is 0 Å². The molecule has 0 aliphatic rings. The molecular formula is C17H17FN2O3. The van der Waals surface area contributed by atoms with Crippen molar-refractivity contribution in [2.75, 3.05) is 18.4 Å². The van der Waals surface area contributed by atoms with Crippen molar-refractivity contribution in [2.24, 2.45) is 0 Å². The first-order chi connectivity index (χ1) is 11.1. The van der Waals surface area contributed by atoms with Gasteiger partial charge in [0.1, 0.15) is 12.4 Å². The minimum Gasteiger partial charge on any atom is -0.480 e. The lowest BCUT2D eigenvalue weighted by molar-refractivity contribution is -0.134. The fraction of sp³-hybridized carbons (Fsp3) is 0.176. The lowest BCUT2D eigenvalue weighted by Gasteiger charge is -2.11. The molecule has 3 N–H and O–H groups in total. The molecule has 2 aromatic rings. The molecular weight excluding hydrogens is 299 g/mol. The van der Waals surface area contributed by atoms with Gasteiger partial charge >= 0.3 is 5.97 Å². The lowest BCUT2D eigenvalue weighted by Crippen LogP contribution is -2.27. The van der Waals surface area contributed by atoms with Crippen LogP contribution in [0, 0.1) is 5.82 Å². The molecule has 6 heteroatoms. The molecule has 0 aliphatic carbocycles. The number of amides is 1. The highest BCUT2D eigenvalue weighted by Gasteiger charge is 2.11. The van der Waals surface area contributed by atoms with E-state index in [2.05, 4.69) is 10.6 Å². The maximum absolute atomic E-state index is 13.1. The van der Waals surface area contributed by atoms with Crippen LogP contribution in [0.3, 0.4) is 0 Å². The smallest absolute Gasteiger partial charge is 0.322 e. The largest absolute Gasteiger partial charge is 0.480 e. The monoisotopic (exact) mass is 316 g/mol. The number of carbonyl (C=O) groups is 2. The Bertz CT molecular complexity index is 704. The number of halogens is 1. The summed E-state index contributed by atoms with van der Waals surface area (Å²) < 4.78 is 13.1. The topological polar surface area (TPSA) is 78.4 Å². The van der Waals surface area contributed by atoms with E-state index < -0.39 is 5.97 Å². The van der Waals surface area contributed by atoms with E-state index in [0.717, 1.165) is 5.56 Å². The van der Waals surface area contributed by atoms with Crippen LogP contribution < -0.4 is 10.6 Å². The third kappa shape index (κ3) is 5.10. The number of hydrogen-bond acceptors (Lipinski definition) is 3. The molecule has 0 saturated heterocycles. The maximum Gasteiger partial charge on any atom is 0.322 e. The van der Waals surface area contributed by atoms with Gasteiger partial charge in [0, 0.05) is 12.2 Å². The van der Waals surface area contributed by atoms with Crippen molar-refractivity contribution >= 4 is 17.6 Å². The van der Waals surface area contributed by atoms with Gasteiger partial charge in [0.2, 0.25) is 0 Å². The van der Waals surface area contributed by atoms with Crippen LogP contribution in [0.4, 0.5) is 10.1 Å². The van der Waals surface area contributed by atoms with Crippen LogP contribution in [-0.4, -0.2) is 30.1 Å². The second kappa shape index (κ2) is 7.93. The van der Waals surface area contributed by atoms with Gasteiger partial charge in [-0.15, -0.1) is 0 Å². The number of anilines is 1. The Balaban J connectivity index is 1.94. The van der Waals surface area contributed by atoms with E-state index in [1.54, 1.807) is 36.4 Å². The van der Waals surface area contributed by atoms with Crippen molar-refractivity contribution < 1.29 is 19.1 Å². The molecule has 0 aliphatic heterocycles. The molecule has 0 unspecified atom stereocenters. The van der Waals surface area contributed by atoms with Gasteiger partial charge in [0.15, 0.2) is 0 Å². The molecule has 0 aromatic heterocycles. The Morgan fingerprint density at radius 1 is 1.09 bits per heavy atom. The van der Waals surface area contributed by atoms with Gasteiger partial charge in [-0.3, -0.25) is 9.59 Å². The SMILES string of the molecule is O=C(O)CNc1ccccc1C(=O)NCCc1cccc(F)c1. The third-order valence-electron chi connectivity index (χ3n) is 3.19. The summed E-state index contributed by atoms with van der Waals surface area (Å²) in [6.45, 7) is 0.0864. The van der Waals surface area contributed by atoms with Crippen LogP contribution in [0.15, 0.2) is 48.5 Å². The number of carboxylic acids is 1. The van der Waals surface area contributed by atoms with Gasteiger partial charge in [0.25, 0.3) is 5.91 Å². The first-order valence-electron chi connectivity index (χ1n) is 7.13. The fourth-order valence-corrected chi connectivity index (χ4v) is 2.11. The van der Waals surface area contributed by atoms with Crippen molar-refractivity contribution in [3.63, 3.8) is 0 Å². The van der Waals surface area contributed by atoms with E-state index in [0.29, 0.717) is 24.2 Å². The molecule has 120 valence electrons. The lowest BCUT2D eigenvalue weighted by atomic mass is 10.1. The van der Waals surface area contributed by atoms with Gasteiger partial charge in [-0.25, -0.2) is 4.39 Å². The summed E-state index contributed by atoms with van der Waals surface area (Å²) in [5.74, 6) is -1.63. The Hall–Kier alpha value is -2.89. The second-order valence-electron chi connectivity index (χ2n) is 4.93. The van der Waals surface area contributed by atoms with Crippen molar-refractivity contribution in [1.82, 2.24) is 5.32 Å². The Morgan fingerprint density at radius 3 is 2.61 bits per heavy atom. The van der Waals surface area contributed by atoms with Gasteiger partial charge in [0.05, 0.1) is 5.56 Å². The number of aliphatic carboxylic acids is 1. The highest BCUT2D eigenvalue weighted by Crippen LogP contribution is 2.14. The van der Waals surface area contributed by atoms with Crippen molar-refractivity contribution in [3.05, 3.63) is 65.5 Å². The molecule has 0 atom stereocenters. The van der Waals surface area contributed by atoms with Crippen LogP contribution in [0.2, 0.25) is 0 Å². The molecule has 0 saturated carbocycles. The molecule has 2 rings (SSSR count). The molecule has 0 fully saturated rings. The summed E-state index contributed by atoms with van der Waals surface area (Å²) in [5.41, 5.74) is 1.62. The Kier molecular flexibility index (Phi) is 5.68. The summed E-state index contributed by atoms with van der Waals surface area (Å²) in [6.07, 6.45) is 0.508. The van der Waals surface area contributed by atoms with E-state index in [1.165, 1.54) is 12.1 Å². The van der Waals surface area contributed by atoms with E-state index in [9.17, 15) is 14.0 Å². The molecule has 0 heterocycles. The van der Waals surface area contributed by atoms with Crippen LogP contribution in [0.1, 0.15) is 15.9 Å². The molecule has 5 nitrogen and oxygen atoms in total. The van der Waals surface area contributed by atoms with Crippen LogP contribution in [0.5, 0.6) is 0 Å². The van der Waals surface area contributed by atoms with Crippen LogP contribution in [0.25, 0.3) is 0 Å². The van der Waals surface area contributed by atoms with Gasteiger partial charge in [-0.1, -0.05) is 24.3 Å². The molecule has 0 bridgehead atoms. The Labute approximate surface area is 133 Å². The van der Waals surface area contributed by atoms with Gasteiger partial charge in [-0.2, -0.15) is 0 Å². The van der Waals surface area contributed by atoms with Crippen LogP contribution >= 0.6 is 0 Å². The number of para-hydroxylation sites is 1. The quantitative estimate of drug-likeness (QED) is 0.732. The number of hydrogen-bond donors (Lipinski definition) is 3. The van der Waals surface area contributed by atoms with Crippen molar-refractivity contribution in [3.8, 4) is 0 Å².